The van der Waals surface area contributed by atoms with E-state index >= 15 is 0 Å². The van der Waals surface area contributed by atoms with Gasteiger partial charge in [0.1, 0.15) is 0 Å². The van der Waals surface area contributed by atoms with Gasteiger partial charge in [0.15, 0.2) is 6.29 Å². The lowest BCUT2D eigenvalue weighted by Crippen LogP contribution is -1.90. The van der Waals surface area contributed by atoms with Gasteiger partial charge < -0.3 is 0 Å². The number of aryl methyl sites for hydroxylation is 1. The summed E-state index contributed by atoms with van der Waals surface area (Å²) in [6, 6.07) is 14.0. The Morgan fingerprint density at radius 2 is 1.81 bits per heavy atom. The maximum Gasteiger partial charge on any atom is 0.150 e. The van der Waals surface area contributed by atoms with Crippen molar-refractivity contribution in [3.05, 3.63) is 57.2 Å². The third kappa shape index (κ3) is 2.16. The summed E-state index contributed by atoms with van der Waals surface area (Å²) in [6.07, 6.45) is 0.915. The van der Waals surface area contributed by atoms with Gasteiger partial charge in [-0.1, -0.05) is 42.0 Å². The van der Waals surface area contributed by atoms with Crippen LogP contribution in [0.3, 0.4) is 0 Å². The van der Waals surface area contributed by atoms with E-state index in [1.165, 1.54) is 5.56 Å². The summed E-state index contributed by atoms with van der Waals surface area (Å²) in [6.45, 7) is 2.04. The van der Waals surface area contributed by atoms with Gasteiger partial charge in [-0.2, -0.15) is 0 Å². The highest BCUT2D eigenvalue weighted by molar-refractivity contribution is 14.1. The van der Waals surface area contributed by atoms with Crippen LogP contribution in [0.1, 0.15) is 15.9 Å². The molecule has 2 aromatic rings. The molecule has 2 heteroatoms. The van der Waals surface area contributed by atoms with E-state index in [1.54, 1.807) is 0 Å². The first kappa shape index (κ1) is 11.3. The molecule has 0 saturated heterocycles. The second kappa shape index (κ2) is 4.78. The monoisotopic (exact) mass is 322 g/mol. The summed E-state index contributed by atoms with van der Waals surface area (Å²) in [5, 5.41) is 0. The molecule has 0 fully saturated rings. The molecule has 2 aromatic carbocycles. The van der Waals surface area contributed by atoms with Gasteiger partial charge in [0.05, 0.1) is 0 Å². The van der Waals surface area contributed by atoms with Crippen LogP contribution in [0.5, 0.6) is 0 Å². The summed E-state index contributed by atoms with van der Waals surface area (Å²) in [4.78, 5) is 11.0. The number of benzene rings is 2. The van der Waals surface area contributed by atoms with Crippen molar-refractivity contribution in [1.29, 1.82) is 0 Å². The first-order valence-corrected chi connectivity index (χ1v) is 6.11. The van der Waals surface area contributed by atoms with Crippen LogP contribution in [0.4, 0.5) is 0 Å². The Labute approximate surface area is 109 Å². The highest BCUT2D eigenvalue weighted by Crippen LogP contribution is 2.28. The quantitative estimate of drug-likeness (QED) is 0.601. The Kier molecular flexibility index (Phi) is 3.39. The van der Waals surface area contributed by atoms with Crippen LogP contribution < -0.4 is 0 Å². The fraction of sp³-hybridized carbons (Fsp3) is 0.0714. The number of carbonyl (C=O) groups excluding carboxylic acids is 1. The van der Waals surface area contributed by atoms with E-state index in [0.29, 0.717) is 0 Å². The topological polar surface area (TPSA) is 17.1 Å². The zero-order valence-corrected chi connectivity index (χ0v) is 11.1. The molecule has 0 spiro atoms. The molecule has 16 heavy (non-hydrogen) atoms. The standard InChI is InChI=1S/C14H11IO/c1-10-6-7-11(9-16)13(8-10)12-4-2-3-5-14(12)15/h2-9H,1H3. The van der Waals surface area contributed by atoms with E-state index in [2.05, 4.69) is 28.7 Å². The summed E-state index contributed by atoms with van der Waals surface area (Å²) in [7, 11) is 0. The average Bonchev–Trinajstić information content (AvgIpc) is 2.29. The van der Waals surface area contributed by atoms with Crippen LogP contribution in [-0.4, -0.2) is 6.29 Å². The minimum Gasteiger partial charge on any atom is -0.298 e. The molecule has 0 unspecified atom stereocenters. The lowest BCUT2D eigenvalue weighted by Gasteiger charge is -2.08. The zero-order chi connectivity index (χ0) is 11.5. The third-order valence-corrected chi connectivity index (χ3v) is 3.44. The van der Waals surface area contributed by atoms with Crippen LogP contribution >= 0.6 is 22.6 Å². The van der Waals surface area contributed by atoms with Crippen molar-refractivity contribution in [3.8, 4) is 11.1 Å². The second-order valence-corrected chi connectivity index (χ2v) is 4.85. The van der Waals surface area contributed by atoms with E-state index in [4.69, 9.17) is 0 Å². The Balaban J connectivity index is 2.67. The van der Waals surface area contributed by atoms with Gasteiger partial charge in [0.2, 0.25) is 0 Å². The number of aldehydes is 1. The Morgan fingerprint density at radius 3 is 2.50 bits per heavy atom. The van der Waals surface area contributed by atoms with Crippen LogP contribution in [0.2, 0.25) is 0 Å². The second-order valence-electron chi connectivity index (χ2n) is 3.69. The molecule has 0 aliphatic carbocycles. The largest absolute Gasteiger partial charge is 0.298 e. The van der Waals surface area contributed by atoms with Crippen molar-refractivity contribution in [2.45, 2.75) is 6.92 Å². The maximum atomic E-state index is 11.0. The van der Waals surface area contributed by atoms with E-state index in [0.717, 1.165) is 26.5 Å². The van der Waals surface area contributed by atoms with Gasteiger partial charge in [0.25, 0.3) is 0 Å². The molecular weight excluding hydrogens is 311 g/mol. The van der Waals surface area contributed by atoms with Crippen molar-refractivity contribution < 1.29 is 4.79 Å². The minimum absolute atomic E-state index is 0.745. The van der Waals surface area contributed by atoms with Crippen molar-refractivity contribution in [3.63, 3.8) is 0 Å². The van der Waals surface area contributed by atoms with Gasteiger partial charge in [-0.3, -0.25) is 4.79 Å². The molecule has 0 aliphatic rings. The molecule has 0 amide bonds. The molecule has 0 N–H and O–H groups in total. The van der Waals surface area contributed by atoms with E-state index in [-0.39, 0.29) is 0 Å². The van der Waals surface area contributed by atoms with Crippen molar-refractivity contribution in [2.24, 2.45) is 0 Å². The number of hydrogen-bond donors (Lipinski definition) is 0. The molecule has 1 nitrogen and oxygen atoms in total. The lowest BCUT2D eigenvalue weighted by atomic mass is 9.98. The van der Waals surface area contributed by atoms with Crippen molar-refractivity contribution in [2.75, 3.05) is 0 Å². The molecule has 0 aliphatic heterocycles. The van der Waals surface area contributed by atoms with Gasteiger partial charge in [-0.05, 0) is 46.7 Å². The smallest absolute Gasteiger partial charge is 0.150 e. The Hall–Kier alpha value is -1.16. The van der Waals surface area contributed by atoms with Crippen LogP contribution in [0.15, 0.2) is 42.5 Å². The number of hydrogen-bond acceptors (Lipinski definition) is 1. The zero-order valence-electron chi connectivity index (χ0n) is 8.91. The van der Waals surface area contributed by atoms with Gasteiger partial charge in [-0.15, -0.1) is 0 Å². The van der Waals surface area contributed by atoms with Crippen molar-refractivity contribution >= 4 is 28.9 Å². The summed E-state index contributed by atoms with van der Waals surface area (Å²) >= 11 is 2.29. The van der Waals surface area contributed by atoms with Gasteiger partial charge >= 0.3 is 0 Å². The van der Waals surface area contributed by atoms with Crippen LogP contribution in [0, 0.1) is 10.5 Å². The number of rotatable bonds is 2. The number of halogens is 1. The van der Waals surface area contributed by atoms with Crippen LogP contribution in [-0.2, 0) is 0 Å². The molecule has 0 atom stereocenters. The first-order chi connectivity index (χ1) is 7.72. The Bertz CT molecular complexity index is 532. The molecule has 0 saturated carbocycles. The lowest BCUT2D eigenvalue weighted by molar-refractivity contribution is 0.112. The van der Waals surface area contributed by atoms with Gasteiger partial charge in [-0.25, -0.2) is 0 Å². The molecule has 0 radical (unpaired) electrons. The predicted molar refractivity (Wildman–Crippen MR) is 74.7 cm³/mol. The normalized spacial score (nSPS) is 10.1. The minimum atomic E-state index is 0.745. The maximum absolute atomic E-state index is 11.0. The van der Waals surface area contributed by atoms with E-state index in [9.17, 15) is 4.79 Å². The van der Waals surface area contributed by atoms with E-state index in [1.807, 2.05) is 43.3 Å². The van der Waals surface area contributed by atoms with Crippen LogP contribution in [0.25, 0.3) is 11.1 Å². The average molecular weight is 322 g/mol. The highest BCUT2D eigenvalue weighted by atomic mass is 127. The molecule has 0 bridgehead atoms. The molecule has 0 heterocycles. The fourth-order valence-electron chi connectivity index (χ4n) is 1.69. The summed E-state index contributed by atoms with van der Waals surface area (Å²) in [5.74, 6) is 0. The Morgan fingerprint density at radius 1 is 1.06 bits per heavy atom. The summed E-state index contributed by atoms with van der Waals surface area (Å²) in [5.41, 5.74) is 4.05. The summed E-state index contributed by atoms with van der Waals surface area (Å²) < 4.78 is 1.16. The third-order valence-electron chi connectivity index (χ3n) is 2.50. The van der Waals surface area contributed by atoms with Gasteiger partial charge in [0, 0.05) is 9.13 Å². The molecule has 2 rings (SSSR count). The first-order valence-electron chi connectivity index (χ1n) is 5.03. The fourth-order valence-corrected chi connectivity index (χ4v) is 2.36. The number of carbonyl (C=O) groups is 1. The SMILES string of the molecule is Cc1ccc(C=O)c(-c2ccccc2I)c1. The molecule has 80 valence electrons. The van der Waals surface area contributed by atoms with E-state index < -0.39 is 0 Å². The predicted octanol–water partition coefficient (Wildman–Crippen LogP) is 4.08. The molecule has 0 aromatic heterocycles. The molecular formula is C14H11IO. The van der Waals surface area contributed by atoms with Crippen molar-refractivity contribution in [1.82, 2.24) is 0 Å². The highest BCUT2D eigenvalue weighted by Gasteiger charge is 2.07.